The third-order valence-corrected chi connectivity index (χ3v) is 2.67. The molecular weight excluding hydrogens is 210 g/mol. The Bertz CT molecular complexity index is 311. The van der Waals surface area contributed by atoms with Gasteiger partial charge in [0, 0.05) is 11.4 Å². The van der Waals surface area contributed by atoms with Crippen molar-refractivity contribution < 1.29 is 9.53 Å². The fraction of sp³-hybridized carbons (Fsp3) is 0.364. The standard InChI is InChI=1S/C11H15NO2S/c1-2-15-8-7-14-11(13)9-3-5-10(12)6-4-9/h3-6H,2,7-8,12H2,1H3. The molecule has 0 heterocycles. The summed E-state index contributed by atoms with van der Waals surface area (Å²) in [5.74, 6) is 1.60. The third-order valence-electron chi connectivity index (χ3n) is 1.81. The number of thioether (sulfide) groups is 1. The minimum absolute atomic E-state index is 0.285. The Morgan fingerprint density at radius 3 is 2.67 bits per heavy atom. The summed E-state index contributed by atoms with van der Waals surface area (Å²) in [6.45, 7) is 2.54. The van der Waals surface area contributed by atoms with Crippen LogP contribution in [0, 0.1) is 0 Å². The Morgan fingerprint density at radius 2 is 2.07 bits per heavy atom. The van der Waals surface area contributed by atoms with Gasteiger partial charge in [-0.2, -0.15) is 11.8 Å². The molecule has 0 saturated carbocycles. The van der Waals surface area contributed by atoms with E-state index >= 15 is 0 Å². The molecule has 1 aromatic rings. The fourth-order valence-electron chi connectivity index (χ4n) is 1.04. The quantitative estimate of drug-likeness (QED) is 0.474. The fourth-order valence-corrected chi connectivity index (χ4v) is 1.53. The maximum absolute atomic E-state index is 11.4. The average Bonchev–Trinajstić information content (AvgIpc) is 2.25. The smallest absolute Gasteiger partial charge is 0.338 e. The number of nitrogen functional groups attached to an aromatic ring is 1. The van der Waals surface area contributed by atoms with Gasteiger partial charge in [0.15, 0.2) is 0 Å². The van der Waals surface area contributed by atoms with E-state index in [4.69, 9.17) is 10.5 Å². The second-order valence-electron chi connectivity index (χ2n) is 2.95. The van der Waals surface area contributed by atoms with Gasteiger partial charge in [0.25, 0.3) is 0 Å². The van der Waals surface area contributed by atoms with E-state index in [-0.39, 0.29) is 5.97 Å². The molecule has 0 aromatic heterocycles. The van der Waals surface area contributed by atoms with Crippen LogP contribution in [0.3, 0.4) is 0 Å². The molecule has 82 valence electrons. The van der Waals surface area contributed by atoms with E-state index in [1.54, 1.807) is 36.0 Å². The van der Waals surface area contributed by atoms with Crippen LogP contribution in [-0.2, 0) is 4.74 Å². The van der Waals surface area contributed by atoms with E-state index in [0.29, 0.717) is 17.9 Å². The number of ether oxygens (including phenoxy) is 1. The van der Waals surface area contributed by atoms with Crippen LogP contribution in [0.25, 0.3) is 0 Å². The van der Waals surface area contributed by atoms with Crippen LogP contribution in [0.15, 0.2) is 24.3 Å². The zero-order valence-corrected chi connectivity index (χ0v) is 9.55. The Balaban J connectivity index is 2.37. The molecule has 0 unspecified atom stereocenters. The zero-order valence-electron chi connectivity index (χ0n) is 8.73. The van der Waals surface area contributed by atoms with Gasteiger partial charge >= 0.3 is 5.97 Å². The summed E-state index contributed by atoms with van der Waals surface area (Å²) in [6, 6.07) is 6.73. The van der Waals surface area contributed by atoms with Crippen molar-refractivity contribution in [2.45, 2.75) is 6.92 Å². The summed E-state index contributed by atoms with van der Waals surface area (Å²) < 4.78 is 5.07. The van der Waals surface area contributed by atoms with Crippen molar-refractivity contribution in [3.8, 4) is 0 Å². The van der Waals surface area contributed by atoms with Crippen LogP contribution in [0.2, 0.25) is 0 Å². The molecule has 0 bridgehead atoms. The number of hydrogen-bond donors (Lipinski definition) is 1. The molecule has 0 amide bonds. The van der Waals surface area contributed by atoms with Crippen molar-refractivity contribution in [1.82, 2.24) is 0 Å². The average molecular weight is 225 g/mol. The van der Waals surface area contributed by atoms with E-state index < -0.39 is 0 Å². The van der Waals surface area contributed by atoms with Crippen LogP contribution in [0.4, 0.5) is 5.69 Å². The number of anilines is 1. The molecule has 0 radical (unpaired) electrons. The first-order valence-electron chi connectivity index (χ1n) is 4.84. The van der Waals surface area contributed by atoms with E-state index in [0.717, 1.165) is 11.5 Å². The van der Waals surface area contributed by atoms with Crippen LogP contribution < -0.4 is 5.73 Å². The van der Waals surface area contributed by atoms with Gasteiger partial charge in [-0.05, 0) is 30.0 Å². The first-order valence-corrected chi connectivity index (χ1v) is 6.00. The Labute approximate surface area is 94.0 Å². The topological polar surface area (TPSA) is 52.3 Å². The van der Waals surface area contributed by atoms with Gasteiger partial charge < -0.3 is 10.5 Å². The highest BCUT2D eigenvalue weighted by Gasteiger charge is 2.05. The zero-order chi connectivity index (χ0) is 11.1. The molecule has 1 rings (SSSR count). The molecule has 0 spiro atoms. The number of carbonyl (C=O) groups excluding carboxylic acids is 1. The Kier molecular flexibility index (Phi) is 5.04. The monoisotopic (exact) mass is 225 g/mol. The maximum atomic E-state index is 11.4. The molecule has 0 fully saturated rings. The molecule has 3 nitrogen and oxygen atoms in total. The van der Waals surface area contributed by atoms with E-state index in [1.807, 2.05) is 0 Å². The molecule has 0 aliphatic carbocycles. The SMILES string of the molecule is CCSCCOC(=O)c1ccc(N)cc1. The van der Waals surface area contributed by atoms with Gasteiger partial charge in [-0.1, -0.05) is 6.92 Å². The first kappa shape index (κ1) is 11.9. The summed E-state index contributed by atoms with van der Waals surface area (Å²) in [6.07, 6.45) is 0. The number of esters is 1. The van der Waals surface area contributed by atoms with Crippen LogP contribution in [0.1, 0.15) is 17.3 Å². The molecule has 0 saturated heterocycles. The molecule has 2 N–H and O–H groups in total. The van der Waals surface area contributed by atoms with Crippen LogP contribution in [-0.4, -0.2) is 24.1 Å². The third kappa shape index (κ3) is 4.25. The number of benzene rings is 1. The number of carbonyl (C=O) groups is 1. The second kappa shape index (κ2) is 6.35. The number of rotatable bonds is 5. The lowest BCUT2D eigenvalue weighted by Gasteiger charge is -2.04. The largest absolute Gasteiger partial charge is 0.461 e. The molecule has 0 aliphatic heterocycles. The summed E-state index contributed by atoms with van der Waals surface area (Å²) in [4.78, 5) is 11.4. The van der Waals surface area contributed by atoms with Crippen LogP contribution in [0.5, 0.6) is 0 Å². The molecule has 15 heavy (non-hydrogen) atoms. The lowest BCUT2D eigenvalue weighted by atomic mass is 10.2. The molecule has 4 heteroatoms. The maximum Gasteiger partial charge on any atom is 0.338 e. The lowest BCUT2D eigenvalue weighted by molar-refractivity contribution is 0.0530. The van der Waals surface area contributed by atoms with Gasteiger partial charge in [0.05, 0.1) is 5.56 Å². The second-order valence-corrected chi connectivity index (χ2v) is 4.35. The normalized spacial score (nSPS) is 9.93. The van der Waals surface area contributed by atoms with Crippen molar-refractivity contribution in [3.63, 3.8) is 0 Å². The first-order chi connectivity index (χ1) is 7.24. The summed E-state index contributed by atoms with van der Waals surface area (Å²) in [5.41, 5.74) is 6.70. The minimum Gasteiger partial charge on any atom is -0.461 e. The van der Waals surface area contributed by atoms with Gasteiger partial charge in [-0.25, -0.2) is 4.79 Å². The molecule has 0 atom stereocenters. The number of nitrogens with two attached hydrogens (primary N) is 1. The van der Waals surface area contributed by atoms with Gasteiger partial charge in [-0.3, -0.25) is 0 Å². The number of hydrogen-bond acceptors (Lipinski definition) is 4. The van der Waals surface area contributed by atoms with Crippen molar-refractivity contribution in [2.75, 3.05) is 23.8 Å². The van der Waals surface area contributed by atoms with Crippen molar-refractivity contribution in [1.29, 1.82) is 0 Å². The summed E-state index contributed by atoms with van der Waals surface area (Å²) in [7, 11) is 0. The van der Waals surface area contributed by atoms with Crippen molar-refractivity contribution in [2.24, 2.45) is 0 Å². The Morgan fingerprint density at radius 1 is 1.40 bits per heavy atom. The van der Waals surface area contributed by atoms with Gasteiger partial charge in [0.2, 0.25) is 0 Å². The van der Waals surface area contributed by atoms with Crippen molar-refractivity contribution in [3.05, 3.63) is 29.8 Å². The molecule has 1 aromatic carbocycles. The summed E-state index contributed by atoms with van der Waals surface area (Å²) in [5, 5.41) is 0. The van der Waals surface area contributed by atoms with E-state index in [9.17, 15) is 4.79 Å². The molecular formula is C11H15NO2S. The highest BCUT2D eigenvalue weighted by molar-refractivity contribution is 7.99. The van der Waals surface area contributed by atoms with Crippen molar-refractivity contribution >= 4 is 23.4 Å². The minimum atomic E-state index is -0.285. The van der Waals surface area contributed by atoms with Crippen LogP contribution >= 0.6 is 11.8 Å². The highest BCUT2D eigenvalue weighted by Crippen LogP contribution is 2.07. The van der Waals surface area contributed by atoms with Gasteiger partial charge in [-0.15, -0.1) is 0 Å². The highest BCUT2D eigenvalue weighted by atomic mass is 32.2. The van der Waals surface area contributed by atoms with E-state index in [2.05, 4.69) is 6.92 Å². The lowest BCUT2D eigenvalue weighted by Crippen LogP contribution is -2.07. The van der Waals surface area contributed by atoms with E-state index in [1.165, 1.54) is 0 Å². The predicted octanol–water partition coefficient (Wildman–Crippen LogP) is 2.18. The summed E-state index contributed by atoms with van der Waals surface area (Å²) >= 11 is 1.75. The molecule has 0 aliphatic rings. The van der Waals surface area contributed by atoms with Gasteiger partial charge in [0.1, 0.15) is 6.61 Å². The Hall–Kier alpha value is -1.16. The predicted molar refractivity (Wildman–Crippen MR) is 64.1 cm³/mol.